The molecule has 0 aliphatic carbocycles. The van der Waals surface area contributed by atoms with Gasteiger partial charge in [0.05, 0.1) is 30.9 Å². The SMILES string of the molecule is COC(=O)c1cnc(C2CC(=O)Nc3c2c(C(C)C)nn3C)cn1. The minimum atomic E-state index is -0.541. The molecule has 1 N–H and O–H groups in total. The number of nitrogens with zero attached hydrogens (tertiary/aromatic N) is 4. The molecule has 8 heteroatoms. The Bertz CT molecular complexity index is 795. The van der Waals surface area contributed by atoms with Crippen molar-refractivity contribution >= 4 is 17.7 Å². The van der Waals surface area contributed by atoms with Gasteiger partial charge >= 0.3 is 5.97 Å². The van der Waals surface area contributed by atoms with E-state index in [1.54, 1.807) is 11.7 Å². The van der Waals surface area contributed by atoms with Crippen LogP contribution < -0.4 is 5.32 Å². The third kappa shape index (κ3) is 2.64. The number of fused-ring (bicyclic) bond motifs is 1. The third-order valence-electron chi connectivity index (χ3n) is 4.08. The Morgan fingerprint density at radius 3 is 2.71 bits per heavy atom. The van der Waals surface area contributed by atoms with Gasteiger partial charge in [0.15, 0.2) is 5.69 Å². The summed E-state index contributed by atoms with van der Waals surface area (Å²) < 4.78 is 6.32. The van der Waals surface area contributed by atoms with E-state index in [1.807, 2.05) is 0 Å². The van der Waals surface area contributed by atoms with Crippen LogP contribution >= 0.6 is 0 Å². The number of hydrogen-bond acceptors (Lipinski definition) is 6. The van der Waals surface area contributed by atoms with Crippen LogP contribution in [0.15, 0.2) is 12.4 Å². The number of esters is 1. The monoisotopic (exact) mass is 329 g/mol. The quantitative estimate of drug-likeness (QED) is 0.859. The number of anilines is 1. The van der Waals surface area contributed by atoms with E-state index in [0.29, 0.717) is 11.5 Å². The number of aryl methyl sites for hydroxylation is 1. The number of ether oxygens (including phenoxy) is 1. The van der Waals surface area contributed by atoms with E-state index in [4.69, 9.17) is 0 Å². The first-order chi connectivity index (χ1) is 11.4. The number of amides is 1. The fourth-order valence-corrected chi connectivity index (χ4v) is 2.93. The maximum atomic E-state index is 12.1. The van der Waals surface area contributed by atoms with E-state index in [9.17, 15) is 9.59 Å². The van der Waals surface area contributed by atoms with Crippen LogP contribution in [0.1, 0.15) is 59.5 Å². The summed E-state index contributed by atoms with van der Waals surface area (Å²) in [6, 6.07) is 0. The molecule has 0 aromatic carbocycles. The fraction of sp³-hybridized carbons (Fsp3) is 0.438. The molecule has 0 fully saturated rings. The molecule has 0 saturated carbocycles. The Hall–Kier alpha value is -2.77. The molecule has 1 unspecified atom stereocenters. The summed E-state index contributed by atoms with van der Waals surface area (Å²) >= 11 is 0. The van der Waals surface area contributed by atoms with Crippen LogP contribution in [-0.4, -0.2) is 38.7 Å². The van der Waals surface area contributed by atoms with Crippen molar-refractivity contribution in [3.05, 3.63) is 35.0 Å². The average molecular weight is 329 g/mol. The van der Waals surface area contributed by atoms with Crippen molar-refractivity contribution < 1.29 is 14.3 Å². The molecule has 0 bridgehead atoms. The molecule has 126 valence electrons. The maximum Gasteiger partial charge on any atom is 0.358 e. The second-order valence-corrected chi connectivity index (χ2v) is 6.05. The largest absolute Gasteiger partial charge is 0.464 e. The molecular formula is C16H19N5O3. The highest BCUT2D eigenvalue weighted by Gasteiger charge is 2.34. The van der Waals surface area contributed by atoms with Crippen molar-refractivity contribution in [1.29, 1.82) is 0 Å². The summed E-state index contributed by atoms with van der Waals surface area (Å²) in [5, 5.41) is 7.42. The minimum absolute atomic E-state index is 0.0929. The van der Waals surface area contributed by atoms with Gasteiger partial charge in [0.2, 0.25) is 5.91 Å². The lowest BCUT2D eigenvalue weighted by Gasteiger charge is -2.24. The van der Waals surface area contributed by atoms with Gasteiger partial charge in [0.25, 0.3) is 0 Å². The van der Waals surface area contributed by atoms with Crippen LogP contribution in [0.3, 0.4) is 0 Å². The zero-order chi connectivity index (χ0) is 17.4. The first-order valence-corrected chi connectivity index (χ1v) is 7.69. The van der Waals surface area contributed by atoms with Crippen molar-refractivity contribution in [1.82, 2.24) is 19.7 Å². The second kappa shape index (κ2) is 6.03. The molecule has 1 amide bonds. The van der Waals surface area contributed by atoms with E-state index >= 15 is 0 Å². The first kappa shape index (κ1) is 16.1. The molecular weight excluding hydrogens is 310 g/mol. The Balaban J connectivity index is 2.06. The van der Waals surface area contributed by atoms with E-state index in [-0.39, 0.29) is 29.9 Å². The number of carbonyl (C=O) groups is 2. The Morgan fingerprint density at radius 2 is 2.12 bits per heavy atom. The molecule has 1 atom stereocenters. The molecule has 1 aliphatic rings. The average Bonchev–Trinajstić information content (AvgIpc) is 2.91. The van der Waals surface area contributed by atoms with Crippen LogP contribution in [-0.2, 0) is 16.6 Å². The van der Waals surface area contributed by atoms with Crippen LogP contribution in [0.5, 0.6) is 0 Å². The highest BCUT2D eigenvalue weighted by molar-refractivity contribution is 5.94. The lowest BCUT2D eigenvalue weighted by Crippen LogP contribution is -2.25. The molecule has 0 spiro atoms. The highest BCUT2D eigenvalue weighted by Crippen LogP contribution is 2.40. The van der Waals surface area contributed by atoms with Gasteiger partial charge in [0.1, 0.15) is 5.82 Å². The van der Waals surface area contributed by atoms with Crippen molar-refractivity contribution in [2.75, 3.05) is 12.4 Å². The summed E-state index contributed by atoms with van der Waals surface area (Å²) in [5.41, 5.74) is 2.66. The number of nitrogens with one attached hydrogen (secondary N) is 1. The maximum absolute atomic E-state index is 12.1. The smallest absolute Gasteiger partial charge is 0.358 e. The van der Waals surface area contributed by atoms with Gasteiger partial charge in [-0.25, -0.2) is 9.78 Å². The van der Waals surface area contributed by atoms with Gasteiger partial charge in [-0.05, 0) is 5.92 Å². The van der Waals surface area contributed by atoms with Gasteiger partial charge in [-0.15, -0.1) is 0 Å². The minimum Gasteiger partial charge on any atom is -0.464 e. The van der Waals surface area contributed by atoms with Crippen LogP contribution in [0.4, 0.5) is 5.82 Å². The molecule has 8 nitrogen and oxygen atoms in total. The topological polar surface area (TPSA) is 99.0 Å². The van der Waals surface area contributed by atoms with Gasteiger partial charge in [-0.3, -0.25) is 14.5 Å². The Kier molecular flexibility index (Phi) is 4.04. The highest BCUT2D eigenvalue weighted by atomic mass is 16.5. The second-order valence-electron chi connectivity index (χ2n) is 6.05. The zero-order valence-corrected chi connectivity index (χ0v) is 14.0. The summed E-state index contributed by atoms with van der Waals surface area (Å²) in [6.07, 6.45) is 3.17. The molecule has 0 saturated heterocycles. The summed E-state index contributed by atoms with van der Waals surface area (Å²) in [6.45, 7) is 4.12. The van der Waals surface area contributed by atoms with Crippen LogP contribution in [0, 0.1) is 0 Å². The molecule has 3 rings (SSSR count). The van der Waals surface area contributed by atoms with E-state index < -0.39 is 5.97 Å². The number of methoxy groups -OCH3 is 1. The summed E-state index contributed by atoms with van der Waals surface area (Å²) in [7, 11) is 3.10. The van der Waals surface area contributed by atoms with Crippen LogP contribution in [0.2, 0.25) is 0 Å². The fourth-order valence-electron chi connectivity index (χ4n) is 2.93. The molecule has 24 heavy (non-hydrogen) atoms. The first-order valence-electron chi connectivity index (χ1n) is 7.69. The summed E-state index contributed by atoms with van der Waals surface area (Å²) in [5.74, 6) is 0.0302. The summed E-state index contributed by atoms with van der Waals surface area (Å²) in [4.78, 5) is 32.0. The molecule has 2 aromatic rings. The third-order valence-corrected chi connectivity index (χ3v) is 4.08. The predicted molar refractivity (Wildman–Crippen MR) is 85.8 cm³/mol. The van der Waals surface area contributed by atoms with Gasteiger partial charge < -0.3 is 10.1 Å². The van der Waals surface area contributed by atoms with Crippen molar-refractivity contribution in [3.63, 3.8) is 0 Å². The number of aromatic nitrogens is 4. The van der Waals surface area contributed by atoms with Gasteiger partial charge in [-0.2, -0.15) is 5.10 Å². The van der Waals surface area contributed by atoms with E-state index in [1.165, 1.54) is 19.5 Å². The lowest BCUT2D eigenvalue weighted by atomic mass is 9.86. The lowest BCUT2D eigenvalue weighted by molar-refractivity contribution is -0.116. The van der Waals surface area contributed by atoms with Crippen LogP contribution in [0.25, 0.3) is 0 Å². The number of carbonyl (C=O) groups excluding carboxylic acids is 2. The molecule has 1 aliphatic heterocycles. The van der Waals surface area contributed by atoms with Crippen molar-refractivity contribution in [3.8, 4) is 0 Å². The zero-order valence-electron chi connectivity index (χ0n) is 14.0. The Labute approximate surface area is 139 Å². The van der Waals surface area contributed by atoms with E-state index in [0.717, 1.165) is 11.3 Å². The number of rotatable bonds is 3. The van der Waals surface area contributed by atoms with Gasteiger partial charge in [-0.1, -0.05) is 13.8 Å². The predicted octanol–water partition coefficient (Wildman–Crippen LogP) is 1.59. The van der Waals surface area contributed by atoms with Crippen molar-refractivity contribution in [2.24, 2.45) is 7.05 Å². The normalized spacial score (nSPS) is 16.7. The standard InChI is InChI=1S/C16H19N5O3/c1-8(2)14-13-9(5-12(22)19-15(13)21(3)20-14)10-6-18-11(7-17-10)16(23)24-4/h6-9H,5H2,1-4H3,(H,19,22). The molecule has 3 heterocycles. The van der Waals surface area contributed by atoms with Crippen molar-refractivity contribution in [2.45, 2.75) is 32.1 Å². The number of hydrogen-bond donors (Lipinski definition) is 1. The van der Waals surface area contributed by atoms with E-state index in [2.05, 4.69) is 39.0 Å². The van der Waals surface area contributed by atoms with Gasteiger partial charge in [0, 0.05) is 24.9 Å². The molecule has 0 radical (unpaired) electrons. The Morgan fingerprint density at radius 1 is 1.38 bits per heavy atom. The molecule has 2 aromatic heterocycles.